The molecule has 0 aromatic heterocycles. The third-order valence-electron chi connectivity index (χ3n) is 5.71. The van der Waals surface area contributed by atoms with E-state index in [0.717, 1.165) is 43.4 Å². The maximum Gasteiger partial charge on any atom is 0.325 e. The van der Waals surface area contributed by atoms with Gasteiger partial charge in [0.2, 0.25) is 5.91 Å². The van der Waals surface area contributed by atoms with E-state index in [1.54, 1.807) is 0 Å². The number of hydrogen-bond acceptors (Lipinski definition) is 3. The molecule has 1 spiro atoms. The van der Waals surface area contributed by atoms with Gasteiger partial charge in [-0.15, -0.1) is 0 Å². The number of rotatable bonds is 3. The molecule has 2 aliphatic carbocycles. The van der Waals surface area contributed by atoms with Crippen molar-refractivity contribution in [2.75, 3.05) is 6.54 Å². The first-order valence-corrected chi connectivity index (χ1v) is 8.95. The van der Waals surface area contributed by atoms with Crippen LogP contribution in [0.2, 0.25) is 0 Å². The molecule has 2 atom stereocenters. The average molecular weight is 321 g/mol. The van der Waals surface area contributed by atoms with E-state index in [2.05, 4.69) is 17.6 Å². The van der Waals surface area contributed by atoms with Crippen LogP contribution in [0.5, 0.6) is 0 Å². The predicted molar refractivity (Wildman–Crippen MR) is 85.6 cm³/mol. The molecule has 0 unspecified atom stereocenters. The molecule has 23 heavy (non-hydrogen) atoms. The number of carbonyl (C=O) groups excluding carboxylic acids is 3. The molecule has 3 aliphatic rings. The van der Waals surface area contributed by atoms with Crippen molar-refractivity contribution in [3.05, 3.63) is 0 Å². The molecule has 3 fully saturated rings. The minimum Gasteiger partial charge on any atom is -0.352 e. The fourth-order valence-electron chi connectivity index (χ4n) is 4.24. The lowest BCUT2D eigenvalue weighted by molar-refractivity contribution is -0.136. The Kier molecular flexibility index (Phi) is 4.60. The van der Waals surface area contributed by atoms with Crippen LogP contribution in [0.4, 0.5) is 4.79 Å². The van der Waals surface area contributed by atoms with Crippen molar-refractivity contribution in [1.82, 2.24) is 15.5 Å². The minimum atomic E-state index is -0.742. The summed E-state index contributed by atoms with van der Waals surface area (Å²) in [6.45, 7) is 1.99. The van der Waals surface area contributed by atoms with Gasteiger partial charge in [-0.05, 0) is 31.6 Å². The lowest BCUT2D eigenvalue weighted by atomic mass is 9.82. The number of hydrogen-bond donors (Lipinski definition) is 2. The summed E-state index contributed by atoms with van der Waals surface area (Å²) < 4.78 is 0. The molecular weight excluding hydrogens is 294 g/mol. The number of nitrogens with zero attached hydrogens (tertiary/aromatic N) is 1. The van der Waals surface area contributed by atoms with E-state index in [4.69, 9.17) is 0 Å². The average Bonchev–Trinajstić information content (AvgIpc) is 2.75. The van der Waals surface area contributed by atoms with Crippen LogP contribution in [0.1, 0.15) is 64.7 Å². The second kappa shape index (κ2) is 6.49. The summed E-state index contributed by atoms with van der Waals surface area (Å²) in [5, 5.41) is 5.86. The van der Waals surface area contributed by atoms with Gasteiger partial charge in [0.25, 0.3) is 5.91 Å². The van der Waals surface area contributed by atoms with Gasteiger partial charge in [-0.3, -0.25) is 14.5 Å². The summed E-state index contributed by atoms with van der Waals surface area (Å²) in [4.78, 5) is 38.2. The smallest absolute Gasteiger partial charge is 0.325 e. The SMILES string of the molecule is C[C@@H]1CCCC[C@H]1NC(=O)CN1C(=O)NC2(CCCCC2)C1=O. The highest BCUT2D eigenvalue weighted by Gasteiger charge is 2.51. The normalized spacial score (nSPS) is 30.4. The van der Waals surface area contributed by atoms with E-state index >= 15 is 0 Å². The van der Waals surface area contributed by atoms with Gasteiger partial charge in [-0.1, -0.05) is 39.0 Å². The zero-order valence-corrected chi connectivity index (χ0v) is 13.9. The molecule has 4 amide bonds. The molecule has 0 radical (unpaired) electrons. The van der Waals surface area contributed by atoms with Crippen LogP contribution in [0.15, 0.2) is 0 Å². The highest BCUT2D eigenvalue weighted by atomic mass is 16.2. The first kappa shape index (κ1) is 16.3. The predicted octanol–water partition coefficient (Wildman–Crippen LogP) is 1.94. The standard InChI is InChI=1S/C17H27N3O3/c1-12-7-3-4-8-13(12)18-14(21)11-20-15(22)17(19-16(20)23)9-5-2-6-10-17/h12-13H,2-11H2,1H3,(H,18,21)(H,19,23)/t12-,13-/m1/s1. The van der Waals surface area contributed by atoms with Crippen LogP contribution in [0.3, 0.4) is 0 Å². The van der Waals surface area contributed by atoms with Gasteiger partial charge in [0, 0.05) is 6.04 Å². The largest absolute Gasteiger partial charge is 0.352 e. The van der Waals surface area contributed by atoms with Gasteiger partial charge in [-0.25, -0.2) is 4.79 Å². The number of amides is 4. The van der Waals surface area contributed by atoms with E-state index in [-0.39, 0.29) is 24.4 Å². The molecule has 128 valence electrons. The molecule has 1 heterocycles. The summed E-state index contributed by atoms with van der Waals surface area (Å²) in [6, 6.07) is -0.246. The Labute approximate surface area is 137 Å². The van der Waals surface area contributed by atoms with Crippen molar-refractivity contribution in [1.29, 1.82) is 0 Å². The number of nitrogens with one attached hydrogen (secondary N) is 2. The summed E-state index contributed by atoms with van der Waals surface area (Å²) >= 11 is 0. The van der Waals surface area contributed by atoms with Gasteiger partial charge >= 0.3 is 6.03 Å². The van der Waals surface area contributed by atoms with Crippen LogP contribution in [-0.4, -0.2) is 40.9 Å². The van der Waals surface area contributed by atoms with Gasteiger partial charge in [0.05, 0.1) is 0 Å². The molecule has 0 aromatic rings. The highest BCUT2D eigenvalue weighted by Crippen LogP contribution is 2.33. The van der Waals surface area contributed by atoms with E-state index in [1.165, 1.54) is 6.42 Å². The van der Waals surface area contributed by atoms with Gasteiger partial charge in [0.15, 0.2) is 0 Å². The van der Waals surface area contributed by atoms with Gasteiger partial charge < -0.3 is 10.6 Å². The summed E-state index contributed by atoms with van der Waals surface area (Å²) in [5.41, 5.74) is -0.742. The number of carbonyl (C=O) groups is 3. The second-order valence-corrected chi connectivity index (χ2v) is 7.40. The molecule has 3 rings (SSSR count). The van der Waals surface area contributed by atoms with Crippen molar-refractivity contribution in [3.63, 3.8) is 0 Å². The van der Waals surface area contributed by atoms with E-state index in [9.17, 15) is 14.4 Å². The third-order valence-corrected chi connectivity index (χ3v) is 5.71. The van der Waals surface area contributed by atoms with Crippen molar-refractivity contribution >= 4 is 17.8 Å². The summed E-state index contributed by atoms with van der Waals surface area (Å²) in [5.74, 6) is 0.0228. The molecular formula is C17H27N3O3. The first-order valence-electron chi connectivity index (χ1n) is 8.95. The van der Waals surface area contributed by atoms with Crippen molar-refractivity contribution in [3.8, 4) is 0 Å². The Balaban J connectivity index is 1.59. The van der Waals surface area contributed by atoms with Crippen molar-refractivity contribution < 1.29 is 14.4 Å². The minimum absolute atomic E-state index is 0.157. The molecule has 0 aromatic carbocycles. The molecule has 2 saturated carbocycles. The Morgan fingerprint density at radius 1 is 1.17 bits per heavy atom. The maximum absolute atomic E-state index is 12.6. The monoisotopic (exact) mass is 321 g/mol. The Hall–Kier alpha value is -1.59. The zero-order valence-electron chi connectivity index (χ0n) is 13.9. The van der Waals surface area contributed by atoms with Gasteiger partial charge in [-0.2, -0.15) is 0 Å². The molecule has 2 N–H and O–H groups in total. The Morgan fingerprint density at radius 3 is 2.57 bits per heavy atom. The third kappa shape index (κ3) is 3.21. The van der Waals surface area contributed by atoms with Crippen LogP contribution < -0.4 is 10.6 Å². The maximum atomic E-state index is 12.6. The highest BCUT2D eigenvalue weighted by molar-refractivity contribution is 6.09. The van der Waals surface area contributed by atoms with Gasteiger partial charge in [0.1, 0.15) is 12.1 Å². The Bertz CT molecular complexity index is 499. The molecule has 6 heteroatoms. The van der Waals surface area contributed by atoms with Crippen LogP contribution in [-0.2, 0) is 9.59 Å². The zero-order chi connectivity index (χ0) is 16.4. The van der Waals surface area contributed by atoms with Crippen LogP contribution >= 0.6 is 0 Å². The lowest BCUT2D eigenvalue weighted by Crippen LogP contribution is -2.50. The summed E-state index contributed by atoms with van der Waals surface area (Å²) in [7, 11) is 0. The molecule has 6 nitrogen and oxygen atoms in total. The van der Waals surface area contributed by atoms with Crippen LogP contribution in [0.25, 0.3) is 0 Å². The Morgan fingerprint density at radius 2 is 1.87 bits per heavy atom. The van der Waals surface area contributed by atoms with E-state index in [0.29, 0.717) is 18.8 Å². The van der Waals surface area contributed by atoms with Crippen molar-refractivity contribution in [2.24, 2.45) is 5.92 Å². The molecule has 1 aliphatic heterocycles. The quantitative estimate of drug-likeness (QED) is 0.780. The van der Waals surface area contributed by atoms with E-state index in [1.807, 2.05) is 0 Å². The number of imide groups is 1. The first-order chi connectivity index (χ1) is 11.0. The molecule has 0 bridgehead atoms. The second-order valence-electron chi connectivity index (χ2n) is 7.40. The van der Waals surface area contributed by atoms with Crippen molar-refractivity contribution in [2.45, 2.75) is 76.3 Å². The van der Waals surface area contributed by atoms with Crippen LogP contribution in [0, 0.1) is 5.92 Å². The molecule has 1 saturated heterocycles. The topological polar surface area (TPSA) is 78.5 Å². The fraction of sp³-hybridized carbons (Fsp3) is 0.824. The fourth-order valence-corrected chi connectivity index (χ4v) is 4.24. The summed E-state index contributed by atoms with van der Waals surface area (Å²) in [6.07, 6.45) is 8.83. The lowest BCUT2D eigenvalue weighted by Gasteiger charge is -2.31. The number of urea groups is 1. The van der Waals surface area contributed by atoms with E-state index < -0.39 is 11.6 Å².